The van der Waals surface area contributed by atoms with Crippen LogP contribution in [0, 0.1) is 5.92 Å². The number of nitrogens with two attached hydrogens (primary N) is 1. The fourth-order valence-electron chi connectivity index (χ4n) is 2.23. The molecule has 0 bridgehead atoms. The number of anilines is 2. The molecule has 1 heterocycles. The predicted octanol–water partition coefficient (Wildman–Crippen LogP) is 2.89. The summed E-state index contributed by atoms with van der Waals surface area (Å²) in [5.74, 6) is 1.46. The average Bonchev–Trinajstić information content (AvgIpc) is 2.86. The third-order valence-electron chi connectivity index (χ3n) is 3.28. The Labute approximate surface area is 115 Å². The summed E-state index contributed by atoms with van der Waals surface area (Å²) in [6, 6.07) is 5.85. The fraction of sp³-hybridized carbons (Fsp3) is 0.600. The second kappa shape index (κ2) is 6.66. The van der Waals surface area contributed by atoms with Crippen LogP contribution in [-0.2, 0) is 4.74 Å². The van der Waals surface area contributed by atoms with E-state index < -0.39 is 0 Å². The molecule has 0 aromatic heterocycles. The van der Waals surface area contributed by atoms with E-state index in [0.717, 1.165) is 37.6 Å². The van der Waals surface area contributed by atoms with E-state index >= 15 is 0 Å². The summed E-state index contributed by atoms with van der Waals surface area (Å²) in [6.07, 6.45) is 2.46. The molecule has 1 atom stereocenters. The number of nitrogens with one attached hydrogen (secondary N) is 1. The van der Waals surface area contributed by atoms with Gasteiger partial charge in [-0.05, 0) is 44.7 Å². The molecule has 19 heavy (non-hydrogen) atoms. The molecule has 1 unspecified atom stereocenters. The number of benzene rings is 1. The van der Waals surface area contributed by atoms with Crippen molar-refractivity contribution in [3.8, 4) is 5.75 Å². The Morgan fingerprint density at radius 2 is 2.32 bits per heavy atom. The summed E-state index contributed by atoms with van der Waals surface area (Å²) in [4.78, 5) is 0. The monoisotopic (exact) mass is 264 g/mol. The van der Waals surface area contributed by atoms with Crippen molar-refractivity contribution in [2.45, 2.75) is 32.8 Å². The highest BCUT2D eigenvalue weighted by molar-refractivity contribution is 5.61. The zero-order valence-corrected chi connectivity index (χ0v) is 11.8. The van der Waals surface area contributed by atoms with Gasteiger partial charge < -0.3 is 20.5 Å². The molecule has 1 aromatic rings. The number of ether oxygens (including phenoxy) is 2. The molecule has 1 aromatic carbocycles. The van der Waals surface area contributed by atoms with Gasteiger partial charge in [-0.15, -0.1) is 0 Å². The smallest absolute Gasteiger partial charge is 0.144 e. The van der Waals surface area contributed by atoms with E-state index in [-0.39, 0.29) is 6.10 Å². The minimum absolute atomic E-state index is 0.133. The van der Waals surface area contributed by atoms with Gasteiger partial charge >= 0.3 is 0 Å². The van der Waals surface area contributed by atoms with Crippen LogP contribution in [-0.4, -0.2) is 25.9 Å². The first-order valence-corrected chi connectivity index (χ1v) is 7.03. The fourth-order valence-corrected chi connectivity index (χ4v) is 2.23. The van der Waals surface area contributed by atoms with E-state index in [0.29, 0.717) is 11.6 Å². The van der Waals surface area contributed by atoms with Gasteiger partial charge in [-0.2, -0.15) is 0 Å². The van der Waals surface area contributed by atoms with Crippen LogP contribution in [0.3, 0.4) is 0 Å². The topological polar surface area (TPSA) is 56.5 Å². The number of nitrogen functional groups attached to an aromatic ring is 1. The maximum Gasteiger partial charge on any atom is 0.144 e. The van der Waals surface area contributed by atoms with Gasteiger partial charge in [0.05, 0.1) is 11.8 Å². The molecule has 1 fully saturated rings. The molecule has 0 amide bonds. The Morgan fingerprint density at radius 1 is 1.47 bits per heavy atom. The number of hydrogen-bond acceptors (Lipinski definition) is 4. The molecule has 0 radical (unpaired) electrons. The molecular weight excluding hydrogens is 240 g/mol. The molecule has 106 valence electrons. The normalized spacial score (nSPS) is 18.8. The lowest BCUT2D eigenvalue weighted by molar-refractivity contribution is 0.185. The average molecular weight is 264 g/mol. The standard InChI is InChI=1S/C15H24N2O2/c1-11(2)19-15-9-13(3-4-14(15)16)17-7-5-12-6-8-18-10-12/h3-4,9,11-12,17H,5-8,10,16H2,1-2H3. The molecule has 0 aliphatic carbocycles. The van der Waals surface area contributed by atoms with E-state index in [1.165, 1.54) is 6.42 Å². The largest absolute Gasteiger partial charge is 0.489 e. The van der Waals surface area contributed by atoms with Gasteiger partial charge in [0.2, 0.25) is 0 Å². The molecule has 1 saturated heterocycles. The Bertz CT molecular complexity index is 401. The van der Waals surface area contributed by atoms with Gasteiger partial charge in [0.1, 0.15) is 5.75 Å². The lowest BCUT2D eigenvalue weighted by Crippen LogP contribution is -2.10. The first-order chi connectivity index (χ1) is 9.15. The zero-order valence-electron chi connectivity index (χ0n) is 11.8. The number of hydrogen-bond donors (Lipinski definition) is 2. The predicted molar refractivity (Wildman–Crippen MR) is 78.7 cm³/mol. The summed E-state index contributed by atoms with van der Waals surface area (Å²) < 4.78 is 11.1. The van der Waals surface area contributed by atoms with E-state index in [1.54, 1.807) is 0 Å². The quantitative estimate of drug-likeness (QED) is 0.776. The maximum atomic E-state index is 5.90. The summed E-state index contributed by atoms with van der Waals surface area (Å²) in [5.41, 5.74) is 7.64. The van der Waals surface area contributed by atoms with Crippen LogP contribution < -0.4 is 15.8 Å². The van der Waals surface area contributed by atoms with Gasteiger partial charge in [-0.1, -0.05) is 0 Å². The minimum Gasteiger partial charge on any atom is -0.489 e. The van der Waals surface area contributed by atoms with Gasteiger partial charge in [0.25, 0.3) is 0 Å². The Hall–Kier alpha value is -1.42. The molecule has 4 nitrogen and oxygen atoms in total. The van der Waals surface area contributed by atoms with Crippen molar-refractivity contribution < 1.29 is 9.47 Å². The molecule has 4 heteroatoms. The van der Waals surface area contributed by atoms with Crippen molar-refractivity contribution in [2.75, 3.05) is 30.8 Å². The zero-order chi connectivity index (χ0) is 13.7. The van der Waals surface area contributed by atoms with E-state index in [1.807, 2.05) is 32.0 Å². The molecule has 2 rings (SSSR count). The lowest BCUT2D eigenvalue weighted by atomic mass is 10.1. The van der Waals surface area contributed by atoms with E-state index in [4.69, 9.17) is 15.2 Å². The van der Waals surface area contributed by atoms with Crippen LogP contribution in [0.4, 0.5) is 11.4 Å². The van der Waals surface area contributed by atoms with Gasteiger partial charge in [-0.3, -0.25) is 0 Å². The van der Waals surface area contributed by atoms with E-state index in [2.05, 4.69) is 5.32 Å². The highest BCUT2D eigenvalue weighted by Crippen LogP contribution is 2.26. The third kappa shape index (κ3) is 4.31. The van der Waals surface area contributed by atoms with Crippen molar-refractivity contribution in [3.05, 3.63) is 18.2 Å². The van der Waals surface area contributed by atoms with Crippen LogP contribution in [0.15, 0.2) is 18.2 Å². The van der Waals surface area contributed by atoms with Crippen molar-refractivity contribution in [3.63, 3.8) is 0 Å². The summed E-state index contributed by atoms with van der Waals surface area (Å²) in [7, 11) is 0. The summed E-state index contributed by atoms with van der Waals surface area (Å²) in [6.45, 7) is 6.78. The molecule has 3 N–H and O–H groups in total. The van der Waals surface area contributed by atoms with Crippen molar-refractivity contribution in [1.82, 2.24) is 0 Å². The minimum atomic E-state index is 0.133. The molecule has 1 aliphatic heterocycles. The van der Waals surface area contributed by atoms with Crippen LogP contribution in [0.2, 0.25) is 0 Å². The van der Waals surface area contributed by atoms with Crippen molar-refractivity contribution >= 4 is 11.4 Å². The third-order valence-corrected chi connectivity index (χ3v) is 3.28. The second-order valence-electron chi connectivity index (χ2n) is 5.36. The highest BCUT2D eigenvalue weighted by Gasteiger charge is 2.14. The SMILES string of the molecule is CC(C)Oc1cc(NCCC2CCOC2)ccc1N. The Balaban J connectivity index is 1.85. The maximum absolute atomic E-state index is 5.90. The van der Waals surface area contributed by atoms with Gasteiger partial charge in [-0.25, -0.2) is 0 Å². The van der Waals surface area contributed by atoms with E-state index in [9.17, 15) is 0 Å². The lowest BCUT2D eigenvalue weighted by Gasteiger charge is -2.15. The summed E-state index contributed by atoms with van der Waals surface area (Å²) in [5, 5.41) is 3.42. The first kappa shape index (κ1) is 14.0. The van der Waals surface area contributed by atoms with Crippen molar-refractivity contribution in [1.29, 1.82) is 0 Å². The summed E-state index contributed by atoms with van der Waals surface area (Å²) >= 11 is 0. The van der Waals surface area contributed by atoms with Gasteiger partial charge in [0, 0.05) is 31.5 Å². The Kier molecular flexibility index (Phi) is 4.91. The van der Waals surface area contributed by atoms with Crippen molar-refractivity contribution in [2.24, 2.45) is 5.92 Å². The molecule has 0 saturated carbocycles. The first-order valence-electron chi connectivity index (χ1n) is 7.03. The Morgan fingerprint density at radius 3 is 3.00 bits per heavy atom. The van der Waals surface area contributed by atoms with Gasteiger partial charge in [0.15, 0.2) is 0 Å². The molecular formula is C15H24N2O2. The number of rotatable bonds is 6. The van der Waals surface area contributed by atoms with Crippen LogP contribution in [0.1, 0.15) is 26.7 Å². The highest BCUT2D eigenvalue weighted by atomic mass is 16.5. The van der Waals surface area contributed by atoms with Crippen LogP contribution in [0.25, 0.3) is 0 Å². The molecule has 0 spiro atoms. The second-order valence-corrected chi connectivity index (χ2v) is 5.36. The van der Waals surface area contributed by atoms with Crippen LogP contribution >= 0.6 is 0 Å². The molecule has 1 aliphatic rings. The van der Waals surface area contributed by atoms with Crippen LogP contribution in [0.5, 0.6) is 5.75 Å².